The van der Waals surface area contributed by atoms with Gasteiger partial charge in [-0.25, -0.2) is 0 Å². The van der Waals surface area contributed by atoms with Crippen LogP contribution in [0.25, 0.3) is 0 Å². The van der Waals surface area contributed by atoms with E-state index in [4.69, 9.17) is 9.47 Å². The number of hydrogen-bond donors (Lipinski definition) is 2. The number of nitrogens with zero attached hydrogens (tertiary/aromatic N) is 3. The van der Waals surface area contributed by atoms with Gasteiger partial charge in [0.25, 0.3) is 0 Å². The molecular formula is C22H36IN5O2. The second kappa shape index (κ2) is 13.5. The summed E-state index contributed by atoms with van der Waals surface area (Å²) in [5.74, 6) is 1.65. The van der Waals surface area contributed by atoms with Gasteiger partial charge in [-0.2, -0.15) is 5.10 Å². The van der Waals surface area contributed by atoms with Gasteiger partial charge in [0.15, 0.2) is 5.96 Å². The van der Waals surface area contributed by atoms with Gasteiger partial charge < -0.3 is 20.1 Å². The minimum atomic E-state index is 0. The van der Waals surface area contributed by atoms with E-state index in [2.05, 4.69) is 48.4 Å². The SMILES string of the molecule is CCNC(=NCCOCc1cccc(OC)c1)NC(C)Cc1c(C)nn(C)c1C.I. The van der Waals surface area contributed by atoms with E-state index < -0.39 is 0 Å². The standard InChI is InChI=1S/C22H35N5O2.HI/c1-7-23-22(25-16(2)13-21-17(3)26-27(5)18(21)4)24-11-12-29-15-19-9-8-10-20(14-19)28-6;/h8-10,14,16H,7,11-13,15H2,1-6H3,(H2,23,24,25);1H. The molecule has 0 bridgehead atoms. The molecule has 2 N–H and O–H groups in total. The molecule has 1 unspecified atom stereocenters. The molecule has 0 radical (unpaired) electrons. The van der Waals surface area contributed by atoms with Gasteiger partial charge in [-0.05, 0) is 57.4 Å². The van der Waals surface area contributed by atoms with Crippen LogP contribution in [0, 0.1) is 13.8 Å². The molecule has 0 aliphatic rings. The van der Waals surface area contributed by atoms with Crippen LogP contribution in [-0.2, 0) is 24.8 Å². The largest absolute Gasteiger partial charge is 0.497 e. The van der Waals surface area contributed by atoms with Gasteiger partial charge in [-0.15, -0.1) is 24.0 Å². The molecule has 0 aliphatic carbocycles. The molecule has 0 fully saturated rings. The Balaban J connectivity index is 0.00000450. The summed E-state index contributed by atoms with van der Waals surface area (Å²) in [6, 6.07) is 8.15. The number of ether oxygens (including phenoxy) is 2. The zero-order valence-corrected chi connectivity index (χ0v) is 21.3. The second-order valence-corrected chi connectivity index (χ2v) is 7.19. The molecule has 30 heavy (non-hydrogen) atoms. The predicted molar refractivity (Wildman–Crippen MR) is 133 cm³/mol. The van der Waals surface area contributed by atoms with Crippen molar-refractivity contribution in [2.45, 2.75) is 46.8 Å². The second-order valence-electron chi connectivity index (χ2n) is 7.19. The Morgan fingerprint density at radius 2 is 2.07 bits per heavy atom. The molecule has 1 aromatic heterocycles. The van der Waals surface area contributed by atoms with Gasteiger partial charge in [0, 0.05) is 25.3 Å². The first-order chi connectivity index (χ1) is 13.9. The minimum absolute atomic E-state index is 0. The van der Waals surface area contributed by atoms with Gasteiger partial charge in [-0.3, -0.25) is 9.67 Å². The van der Waals surface area contributed by atoms with Crippen LogP contribution in [0.2, 0.25) is 0 Å². The molecule has 0 aliphatic heterocycles. The monoisotopic (exact) mass is 529 g/mol. The molecule has 7 nitrogen and oxygen atoms in total. The molecule has 1 aromatic carbocycles. The fraction of sp³-hybridized carbons (Fsp3) is 0.545. The fourth-order valence-electron chi connectivity index (χ4n) is 3.20. The zero-order valence-electron chi connectivity index (χ0n) is 19.0. The highest BCUT2D eigenvalue weighted by atomic mass is 127. The number of rotatable bonds is 10. The van der Waals surface area contributed by atoms with Crippen LogP contribution in [0.3, 0.4) is 0 Å². The molecule has 0 saturated heterocycles. The number of aryl methyl sites for hydroxylation is 2. The van der Waals surface area contributed by atoms with Crippen molar-refractivity contribution in [2.24, 2.45) is 12.0 Å². The van der Waals surface area contributed by atoms with E-state index in [1.807, 2.05) is 36.0 Å². The highest BCUT2D eigenvalue weighted by Crippen LogP contribution is 2.14. The van der Waals surface area contributed by atoms with Crippen molar-refractivity contribution in [2.75, 3.05) is 26.8 Å². The Hall–Kier alpha value is -1.81. The van der Waals surface area contributed by atoms with Crippen molar-refractivity contribution in [3.63, 3.8) is 0 Å². The van der Waals surface area contributed by atoms with E-state index in [9.17, 15) is 0 Å². The highest BCUT2D eigenvalue weighted by molar-refractivity contribution is 14.0. The lowest BCUT2D eigenvalue weighted by Crippen LogP contribution is -2.43. The number of nitrogens with one attached hydrogen (secondary N) is 2. The molecule has 0 spiro atoms. The first kappa shape index (κ1) is 26.2. The van der Waals surface area contributed by atoms with Crippen LogP contribution < -0.4 is 15.4 Å². The summed E-state index contributed by atoms with van der Waals surface area (Å²) < 4.78 is 12.9. The Kier molecular flexibility index (Phi) is 11.8. The first-order valence-corrected chi connectivity index (χ1v) is 10.2. The Bertz CT molecular complexity index is 807. The van der Waals surface area contributed by atoms with Crippen LogP contribution in [0.1, 0.15) is 36.4 Å². The van der Waals surface area contributed by atoms with Crippen LogP contribution in [0.5, 0.6) is 5.75 Å². The summed E-state index contributed by atoms with van der Waals surface area (Å²) in [7, 11) is 3.66. The number of aromatic nitrogens is 2. The van der Waals surface area contributed by atoms with Crippen LogP contribution in [0.4, 0.5) is 0 Å². The molecule has 168 valence electrons. The average Bonchev–Trinajstić information content (AvgIpc) is 2.94. The lowest BCUT2D eigenvalue weighted by molar-refractivity contribution is 0.128. The third kappa shape index (κ3) is 8.14. The average molecular weight is 529 g/mol. The summed E-state index contributed by atoms with van der Waals surface area (Å²) in [4.78, 5) is 4.63. The summed E-state index contributed by atoms with van der Waals surface area (Å²) in [6.45, 7) is 10.9. The number of methoxy groups -OCH3 is 1. The quantitative estimate of drug-likeness (QED) is 0.214. The van der Waals surface area contributed by atoms with E-state index in [1.165, 1.54) is 11.3 Å². The molecule has 1 heterocycles. The van der Waals surface area contributed by atoms with Crippen molar-refractivity contribution in [3.8, 4) is 5.75 Å². The minimum Gasteiger partial charge on any atom is -0.497 e. The molecule has 2 aromatic rings. The first-order valence-electron chi connectivity index (χ1n) is 10.2. The third-order valence-corrected chi connectivity index (χ3v) is 4.80. The van der Waals surface area contributed by atoms with Crippen molar-refractivity contribution < 1.29 is 9.47 Å². The third-order valence-electron chi connectivity index (χ3n) is 4.80. The predicted octanol–water partition coefficient (Wildman–Crippen LogP) is 3.37. The van der Waals surface area contributed by atoms with Crippen molar-refractivity contribution in [1.82, 2.24) is 20.4 Å². The summed E-state index contributed by atoms with van der Waals surface area (Å²) in [6.07, 6.45) is 0.905. The summed E-state index contributed by atoms with van der Waals surface area (Å²) >= 11 is 0. The van der Waals surface area contributed by atoms with E-state index in [-0.39, 0.29) is 30.0 Å². The van der Waals surface area contributed by atoms with Gasteiger partial charge in [0.1, 0.15) is 5.75 Å². The lowest BCUT2D eigenvalue weighted by atomic mass is 10.1. The van der Waals surface area contributed by atoms with Crippen LogP contribution in [0.15, 0.2) is 29.3 Å². The topological polar surface area (TPSA) is 72.7 Å². The normalized spacial score (nSPS) is 12.3. The van der Waals surface area contributed by atoms with E-state index in [0.717, 1.165) is 35.9 Å². The summed E-state index contributed by atoms with van der Waals surface area (Å²) in [5, 5.41) is 11.3. The number of halogens is 1. The van der Waals surface area contributed by atoms with Crippen molar-refractivity contribution in [3.05, 3.63) is 46.8 Å². The molecule has 1 atom stereocenters. The molecule has 8 heteroatoms. The van der Waals surface area contributed by atoms with Gasteiger partial charge in [-0.1, -0.05) is 12.1 Å². The molecular weight excluding hydrogens is 493 g/mol. The van der Waals surface area contributed by atoms with Gasteiger partial charge in [0.05, 0.1) is 32.6 Å². The number of guanidine groups is 1. The zero-order chi connectivity index (χ0) is 21.2. The van der Waals surface area contributed by atoms with Gasteiger partial charge >= 0.3 is 0 Å². The maximum atomic E-state index is 5.75. The Morgan fingerprint density at radius 3 is 2.70 bits per heavy atom. The van der Waals surface area contributed by atoms with E-state index >= 15 is 0 Å². The fourth-order valence-corrected chi connectivity index (χ4v) is 3.20. The van der Waals surface area contributed by atoms with E-state index in [1.54, 1.807) is 7.11 Å². The smallest absolute Gasteiger partial charge is 0.191 e. The number of hydrogen-bond acceptors (Lipinski definition) is 4. The van der Waals surface area contributed by atoms with Gasteiger partial charge in [0.2, 0.25) is 0 Å². The Morgan fingerprint density at radius 1 is 1.30 bits per heavy atom. The summed E-state index contributed by atoms with van der Waals surface area (Å²) in [5.41, 5.74) is 4.69. The van der Waals surface area contributed by atoms with Crippen LogP contribution in [-0.4, -0.2) is 48.6 Å². The highest BCUT2D eigenvalue weighted by Gasteiger charge is 2.13. The van der Waals surface area contributed by atoms with Crippen molar-refractivity contribution >= 4 is 29.9 Å². The number of benzene rings is 1. The van der Waals surface area contributed by atoms with E-state index in [0.29, 0.717) is 19.8 Å². The number of aliphatic imine (C=N–C) groups is 1. The molecule has 0 amide bonds. The maximum Gasteiger partial charge on any atom is 0.191 e. The maximum absolute atomic E-state index is 5.75. The lowest BCUT2D eigenvalue weighted by Gasteiger charge is -2.18. The molecule has 0 saturated carbocycles. The van der Waals surface area contributed by atoms with Crippen LogP contribution >= 0.6 is 24.0 Å². The Labute approximate surface area is 197 Å². The van der Waals surface area contributed by atoms with Crippen molar-refractivity contribution in [1.29, 1.82) is 0 Å². The molecule has 2 rings (SSSR count).